The lowest BCUT2D eigenvalue weighted by Gasteiger charge is -2.36. The number of piperazine rings is 1. The normalized spacial score (nSPS) is 23.9. The summed E-state index contributed by atoms with van der Waals surface area (Å²) in [6.07, 6.45) is 0. The van der Waals surface area contributed by atoms with E-state index in [9.17, 15) is 17.6 Å². The van der Waals surface area contributed by atoms with Gasteiger partial charge in [0.2, 0.25) is 0 Å². The highest BCUT2D eigenvalue weighted by Gasteiger charge is 2.42. The van der Waals surface area contributed by atoms with Crippen molar-refractivity contribution in [3.05, 3.63) is 59.4 Å². The van der Waals surface area contributed by atoms with Gasteiger partial charge in [-0.25, -0.2) is 12.8 Å². The van der Waals surface area contributed by atoms with Crippen LogP contribution in [0.3, 0.4) is 0 Å². The summed E-state index contributed by atoms with van der Waals surface area (Å²) in [5, 5.41) is 3.99. The number of carbonyl (C=O) groups excluding carboxylic acids is 1. The lowest BCUT2D eigenvalue weighted by Crippen LogP contribution is -2.48. The average Bonchev–Trinajstić information content (AvgIpc) is 3.28. The topological polar surface area (TPSA) is 82.1 Å². The smallest absolute Gasteiger partial charge is 0.254 e. The lowest BCUT2D eigenvalue weighted by atomic mass is 10.1. The molecule has 33 heavy (non-hydrogen) atoms. The van der Waals surface area contributed by atoms with Crippen LogP contribution in [0.4, 0.5) is 15.8 Å². The third kappa shape index (κ3) is 4.72. The average molecular weight is 489 g/mol. The first kappa shape index (κ1) is 22.2. The van der Waals surface area contributed by atoms with Gasteiger partial charge in [0.15, 0.2) is 15.0 Å². The zero-order valence-electron chi connectivity index (χ0n) is 18.2. The molecule has 0 saturated carbocycles. The summed E-state index contributed by atoms with van der Waals surface area (Å²) in [5.74, 6) is -0.0114. The van der Waals surface area contributed by atoms with Crippen LogP contribution >= 0.6 is 11.8 Å². The van der Waals surface area contributed by atoms with Crippen molar-refractivity contribution in [1.29, 1.82) is 0 Å². The number of nitrogens with one attached hydrogen (secondary N) is 1. The van der Waals surface area contributed by atoms with E-state index in [1.54, 1.807) is 12.1 Å². The van der Waals surface area contributed by atoms with Gasteiger partial charge in [-0.05, 0) is 48.9 Å². The molecule has 0 radical (unpaired) electrons. The number of hydrogen-bond acceptors (Lipinski definition) is 7. The number of rotatable bonds is 3. The number of halogens is 1. The minimum Gasteiger partial charge on any atom is -0.368 e. The summed E-state index contributed by atoms with van der Waals surface area (Å²) in [6, 6.07) is 11.8. The molecule has 10 heteroatoms. The molecule has 0 bridgehead atoms. The van der Waals surface area contributed by atoms with E-state index in [1.807, 2.05) is 30.0 Å². The van der Waals surface area contributed by atoms with E-state index in [0.29, 0.717) is 36.9 Å². The molecule has 0 aliphatic carbocycles. The van der Waals surface area contributed by atoms with Crippen molar-refractivity contribution in [2.75, 3.05) is 47.9 Å². The summed E-state index contributed by atoms with van der Waals surface area (Å²) in [6.45, 7) is 4.52. The third-order valence-corrected chi connectivity index (χ3v) is 9.44. The van der Waals surface area contributed by atoms with E-state index >= 15 is 0 Å². The van der Waals surface area contributed by atoms with Crippen LogP contribution in [0, 0.1) is 12.7 Å². The van der Waals surface area contributed by atoms with Crippen molar-refractivity contribution < 1.29 is 17.6 Å². The fourth-order valence-corrected chi connectivity index (χ4v) is 8.09. The van der Waals surface area contributed by atoms with Gasteiger partial charge in [0.1, 0.15) is 5.82 Å². The Kier molecular flexibility index (Phi) is 5.82. The van der Waals surface area contributed by atoms with Crippen LogP contribution in [0.25, 0.3) is 0 Å². The highest BCUT2D eigenvalue weighted by molar-refractivity contribution is 8.15. The van der Waals surface area contributed by atoms with Crippen molar-refractivity contribution in [3.63, 3.8) is 0 Å². The quantitative estimate of drug-likeness (QED) is 0.716. The first-order valence-electron chi connectivity index (χ1n) is 10.9. The minimum atomic E-state index is -2.99. The molecule has 1 amide bonds. The molecular formula is C23H25FN4O3S2. The number of thioether (sulfide) groups is 1. The first-order chi connectivity index (χ1) is 15.8. The summed E-state index contributed by atoms with van der Waals surface area (Å²) >= 11 is 1.46. The van der Waals surface area contributed by atoms with Crippen molar-refractivity contribution in [2.45, 2.75) is 18.2 Å². The van der Waals surface area contributed by atoms with E-state index < -0.39 is 9.84 Å². The lowest BCUT2D eigenvalue weighted by molar-refractivity contribution is 0.0747. The van der Waals surface area contributed by atoms with E-state index in [2.05, 4.69) is 15.2 Å². The molecule has 2 saturated heterocycles. The molecule has 1 N–H and O–H groups in total. The number of fused-ring (bicyclic) bond motifs is 1. The molecule has 2 atom stereocenters. The van der Waals surface area contributed by atoms with Gasteiger partial charge in [-0.1, -0.05) is 17.8 Å². The predicted octanol–water partition coefficient (Wildman–Crippen LogP) is 2.78. The maximum absolute atomic E-state index is 13.2. The number of carbonyl (C=O) groups is 1. The van der Waals surface area contributed by atoms with Crippen LogP contribution in [0.2, 0.25) is 0 Å². The molecular weight excluding hydrogens is 463 g/mol. The number of anilines is 2. The first-order valence-corrected chi connectivity index (χ1v) is 13.6. The Labute approximate surface area is 197 Å². The predicted molar refractivity (Wildman–Crippen MR) is 131 cm³/mol. The molecule has 174 valence electrons. The van der Waals surface area contributed by atoms with Crippen LogP contribution in [-0.4, -0.2) is 73.4 Å². The van der Waals surface area contributed by atoms with Crippen LogP contribution in [0.15, 0.2) is 47.5 Å². The molecule has 0 unspecified atom stereocenters. The van der Waals surface area contributed by atoms with Crippen molar-refractivity contribution in [1.82, 2.24) is 4.90 Å². The molecule has 2 fully saturated rings. The van der Waals surface area contributed by atoms with Crippen molar-refractivity contribution in [3.8, 4) is 0 Å². The summed E-state index contributed by atoms with van der Waals surface area (Å²) < 4.78 is 36.7. The second kappa shape index (κ2) is 8.64. The molecule has 0 spiro atoms. The molecule has 3 aliphatic heterocycles. The Morgan fingerprint density at radius 3 is 2.52 bits per heavy atom. The van der Waals surface area contributed by atoms with Crippen LogP contribution in [-0.2, 0) is 9.84 Å². The molecule has 0 aromatic heterocycles. The fraction of sp³-hybridized carbons (Fsp3) is 0.391. The maximum Gasteiger partial charge on any atom is 0.254 e. The van der Waals surface area contributed by atoms with E-state index in [1.165, 1.54) is 23.9 Å². The number of sulfone groups is 1. The fourth-order valence-electron chi connectivity index (χ4n) is 4.42. The minimum absolute atomic E-state index is 0.0271. The van der Waals surface area contributed by atoms with Crippen LogP contribution < -0.4 is 10.2 Å². The summed E-state index contributed by atoms with van der Waals surface area (Å²) in [7, 11) is -2.99. The van der Waals surface area contributed by atoms with E-state index in [0.717, 1.165) is 16.9 Å². The van der Waals surface area contributed by atoms with Gasteiger partial charge in [0, 0.05) is 48.4 Å². The summed E-state index contributed by atoms with van der Waals surface area (Å²) in [5.41, 5.74) is 3.35. The SMILES string of the molecule is Cc1ccc(C(=O)N2CCN(c3ccc(F)cc3)CC2)cc1NC1=N[C@@H]2CS(=O)(=O)C[C@H]2S1. The molecule has 7 nitrogen and oxygen atoms in total. The summed E-state index contributed by atoms with van der Waals surface area (Å²) in [4.78, 5) is 21.7. The van der Waals surface area contributed by atoms with Crippen molar-refractivity contribution >= 4 is 44.0 Å². The van der Waals surface area contributed by atoms with Gasteiger partial charge < -0.3 is 15.1 Å². The Hall–Kier alpha value is -2.59. The maximum atomic E-state index is 13.2. The number of benzene rings is 2. The zero-order valence-corrected chi connectivity index (χ0v) is 19.8. The largest absolute Gasteiger partial charge is 0.368 e. The third-order valence-electron chi connectivity index (χ3n) is 6.30. The second-order valence-electron chi connectivity index (χ2n) is 8.65. The number of hydrogen-bond donors (Lipinski definition) is 1. The monoisotopic (exact) mass is 488 g/mol. The van der Waals surface area contributed by atoms with Gasteiger partial charge in [-0.15, -0.1) is 0 Å². The molecule has 5 rings (SSSR count). The van der Waals surface area contributed by atoms with Gasteiger partial charge in [0.05, 0.1) is 17.5 Å². The number of amidine groups is 1. The highest BCUT2D eigenvalue weighted by atomic mass is 32.2. The molecule has 2 aromatic carbocycles. The zero-order chi connectivity index (χ0) is 23.2. The number of nitrogens with zero attached hydrogens (tertiary/aromatic N) is 3. The van der Waals surface area contributed by atoms with Gasteiger partial charge in [-0.3, -0.25) is 9.79 Å². The molecule has 2 aromatic rings. The number of aliphatic imine (C=N–C) groups is 1. The Bertz CT molecular complexity index is 1210. The van der Waals surface area contributed by atoms with Crippen LogP contribution in [0.5, 0.6) is 0 Å². The Morgan fingerprint density at radius 2 is 1.82 bits per heavy atom. The van der Waals surface area contributed by atoms with E-state index in [4.69, 9.17) is 0 Å². The number of aryl methyl sites for hydroxylation is 1. The van der Waals surface area contributed by atoms with Crippen molar-refractivity contribution in [2.24, 2.45) is 4.99 Å². The van der Waals surface area contributed by atoms with Gasteiger partial charge in [-0.2, -0.15) is 0 Å². The highest BCUT2D eigenvalue weighted by Crippen LogP contribution is 2.35. The standard InChI is InChI=1S/C23H25FN4O3S2/c1-15-2-3-16(12-19(15)25-23-26-20-13-33(30,31)14-21(20)32-23)22(29)28-10-8-27(9-11-28)18-6-4-17(24)5-7-18/h2-7,12,20-21H,8-11,13-14H2,1H3,(H,25,26)/t20-,21-/m1/s1. The Balaban J connectivity index is 1.24. The van der Waals surface area contributed by atoms with Gasteiger partial charge in [0.25, 0.3) is 5.91 Å². The van der Waals surface area contributed by atoms with E-state index in [-0.39, 0.29) is 34.5 Å². The molecule has 3 heterocycles. The Morgan fingerprint density at radius 1 is 1.09 bits per heavy atom. The van der Waals surface area contributed by atoms with Crippen LogP contribution in [0.1, 0.15) is 15.9 Å². The second-order valence-corrected chi connectivity index (χ2v) is 12.0. The number of amides is 1. The van der Waals surface area contributed by atoms with Gasteiger partial charge >= 0.3 is 0 Å². The molecule has 3 aliphatic rings.